The van der Waals surface area contributed by atoms with Crippen LogP contribution < -0.4 is 0 Å². The number of nitrogens with zero attached hydrogens (tertiary/aromatic N) is 1. The lowest BCUT2D eigenvalue weighted by molar-refractivity contribution is -0.145. The molecule has 1 amide bonds. The fraction of sp³-hybridized carbons (Fsp3) is 0.214. The zero-order valence-corrected chi connectivity index (χ0v) is 13.6. The molecule has 0 unspecified atom stereocenters. The topological polar surface area (TPSA) is 46.6 Å². The van der Waals surface area contributed by atoms with Crippen LogP contribution in [0, 0.1) is 0 Å². The van der Waals surface area contributed by atoms with Gasteiger partial charge in [-0.25, -0.2) is 0 Å². The van der Waals surface area contributed by atoms with E-state index in [0.29, 0.717) is 14.2 Å². The lowest BCUT2D eigenvalue weighted by atomic mass is 10.2. The van der Waals surface area contributed by atoms with E-state index in [1.165, 1.54) is 4.90 Å². The van der Waals surface area contributed by atoms with Crippen molar-refractivity contribution in [1.29, 1.82) is 0 Å². The average molecular weight is 342 g/mol. The molecule has 1 heterocycles. The first-order valence-corrected chi connectivity index (χ1v) is 7.78. The number of thiocarbonyl (C=S) groups is 1. The van der Waals surface area contributed by atoms with Crippen molar-refractivity contribution in [3.05, 3.63) is 39.8 Å². The van der Waals surface area contributed by atoms with Crippen molar-refractivity contribution in [2.75, 3.05) is 13.2 Å². The second-order valence-electron chi connectivity index (χ2n) is 4.13. The van der Waals surface area contributed by atoms with Crippen molar-refractivity contribution >= 4 is 57.9 Å². The third kappa shape index (κ3) is 4.06. The molecule has 110 valence electrons. The van der Waals surface area contributed by atoms with Crippen LogP contribution in [0.3, 0.4) is 0 Å². The third-order valence-corrected chi connectivity index (χ3v) is 4.23. The van der Waals surface area contributed by atoms with E-state index in [1.54, 1.807) is 31.2 Å². The Morgan fingerprint density at radius 3 is 2.95 bits per heavy atom. The highest BCUT2D eigenvalue weighted by molar-refractivity contribution is 8.26. The van der Waals surface area contributed by atoms with Gasteiger partial charge in [-0.2, -0.15) is 0 Å². The molecular formula is C14H12ClNO3S2. The molecule has 2 rings (SSSR count). The quantitative estimate of drug-likeness (QED) is 0.478. The molecule has 1 aromatic rings. The first-order chi connectivity index (χ1) is 10.0. The summed E-state index contributed by atoms with van der Waals surface area (Å²) in [6.45, 7) is 1.82. The summed E-state index contributed by atoms with van der Waals surface area (Å²) in [5, 5.41) is 0.589. The van der Waals surface area contributed by atoms with Gasteiger partial charge in [-0.1, -0.05) is 47.7 Å². The Morgan fingerprint density at radius 2 is 2.29 bits per heavy atom. The van der Waals surface area contributed by atoms with Crippen molar-refractivity contribution < 1.29 is 14.3 Å². The zero-order chi connectivity index (χ0) is 15.4. The first kappa shape index (κ1) is 16.0. The highest BCUT2D eigenvalue weighted by Crippen LogP contribution is 2.32. The normalized spacial score (nSPS) is 16.7. The van der Waals surface area contributed by atoms with Gasteiger partial charge >= 0.3 is 5.97 Å². The van der Waals surface area contributed by atoms with E-state index in [0.717, 1.165) is 17.3 Å². The van der Waals surface area contributed by atoms with Crippen LogP contribution in [-0.4, -0.2) is 34.2 Å². The Morgan fingerprint density at radius 1 is 1.52 bits per heavy atom. The average Bonchev–Trinajstić information content (AvgIpc) is 2.67. The molecule has 21 heavy (non-hydrogen) atoms. The summed E-state index contributed by atoms with van der Waals surface area (Å²) in [5.74, 6) is -0.768. The van der Waals surface area contributed by atoms with Crippen LogP contribution >= 0.6 is 35.6 Å². The number of benzene rings is 1. The van der Waals surface area contributed by atoms with Crippen LogP contribution in [0.4, 0.5) is 0 Å². The smallest absolute Gasteiger partial charge is 0.326 e. The molecule has 1 aromatic carbocycles. The van der Waals surface area contributed by atoms with Crippen LogP contribution in [0.1, 0.15) is 12.5 Å². The molecule has 1 aliphatic heterocycles. The maximum Gasteiger partial charge on any atom is 0.326 e. The number of esters is 1. The number of carbonyl (C=O) groups excluding carboxylic acids is 2. The van der Waals surface area contributed by atoms with Crippen LogP contribution in [0.2, 0.25) is 5.02 Å². The van der Waals surface area contributed by atoms with Crippen molar-refractivity contribution in [1.82, 2.24) is 4.90 Å². The fourth-order valence-electron chi connectivity index (χ4n) is 1.72. The Hall–Kier alpha value is -1.37. The van der Waals surface area contributed by atoms with Gasteiger partial charge in [-0.05, 0) is 30.7 Å². The highest BCUT2D eigenvalue weighted by atomic mass is 35.5. The number of hydrogen-bond acceptors (Lipinski definition) is 5. The molecule has 0 bridgehead atoms. The molecule has 0 spiro atoms. The molecule has 1 fully saturated rings. The van der Waals surface area contributed by atoms with E-state index >= 15 is 0 Å². The van der Waals surface area contributed by atoms with E-state index in [2.05, 4.69) is 0 Å². The SMILES string of the molecule is CCOC(=O)CN1C(=O)/C(=C/c2cccc(Cl)c2)SC1=S. The zero-order valence-electron chi connectivity index (χ0n) is 11.2. The highest BCUT2D eigenvalue weighted by Gasteiger charge is 2.33. The number of halogens is 1. The minimum Gasteiger partial charge on any atom is -0.465 e. The van der Waals surface area contributed by atoms with Crippen molar-refractivity contribution in [3.63, 3.8) is 0 Å². The number of amides is 1. The minimum absolute atomic E-state index is 0.161. The van der Waals surface area contributed by atoms with E-state index in [-0.39, 0.29) is 19.1 Å². The predicted octanol–water partition coefficient (Wildman–Crippen LogP) is 3.10. The van der Waals surface area contributed by atoms with Crippen LogP contribution in [0.5, 0.6) is 0 Å². The maximum absolute atomic E-state index is 12.3. The summed E-state index contributed by atoms with van der Waals surface area (Å²) >= 11 is 12.2. The molecule has 1 aliphatic rings. The predicted molar refractivity (Wildman–Crippen MR) is 88.0 cm³/mol. The number of hydrogen-bond donors (Lipinski definition) is 0. The lowest BCUT2D eigenvalue weighted by Crippen LogP contribution is -2.34. The summed E-state index contributed by atoms with van der Waals surface area (Å²) in [4.78, 5) is 25.4. The van der Waals surface area contributed by atoms with Gasteiger partial charge in [0.1, 0.15) is 10.9 Å². The summed E-state index contributed by atoms with van der Waals surface area (Å²) in [5.41, 5.74) is 0.805. The molecule has 4 nitrogen and oxygen atoms in total. The van der Waals surface area contributed by atoms with Gasteiger partial charge in [0.25, 0.3) is 5.91 Å². The van der Waals surface area contributed by atoms with Crippen LogP contribution in [0.25, 0.3) is 6.08 Å². The van der Waals surface area contributed by atoms with Crippen molar-refractivity contribution in [2.24, 2.45) is 0 Å². The van der Waals surface area contributed by atoms with E-state index in [4.69, 9.17) is 28.6 Å². The van der Waals surface area contributed by atoms with E-state index in [9.17, 15) is 9.59 Å². The fourth-order valence-corrected chi connectivity index (χ4v) is 3.17. The van der Waals surface area contributed by atoms with Gasteiger partial charge < -0.3 is 4.74 Å². The number of carbonyl (C=O) groups is 2. The van der Waals surface area contributed by atoms with Gasteiger partial charge in [0.2, 0.25) is 0 Å². The second kappa shape index (κ2) is 7.06. The van der Waals surface area contributed by atoms with Gasteiger partial charge in [0, 0.05) is 5.02 Å². The molecule has 0 aliphatic carbocycles. The molecule has 0 saturated carbocycles. The van der Waals surface area contributed by atoms with Gasteiger partial charge in [0.05, 0.1) is 11.5 Å². The first-order valence-electron chi connectivity index (χ1n) is 6.18. The molecule has 0 aromatic heterocycles. The summed E-state index contributed by atoms with van der Waals surface area (Å²) < 4.78 is 5.18. The second-order valence-corrected chi connectivity index (χ2v) is 6.24. The summed E-state index contributed by atoms with van der Waals surface area (Å²) in [6, 6.07) is 7.14. The van der Waals surface area contributed by atoms with E-state index in [1.807, 2.05) is 6.07 Å². The minimum atomic E-state index is -0.474. The Balaban J connectivity index is 2.16. The molecule has 0 radical (unpaired) electrons. The number of rotatable bonds is 4. The number of thioether (sulfide) groups is 1. The lowest BCUT2D eigenvalue weighted by Gasteiger charge is -2.12. The van der Waals surface area contributed by atoms with Gasteiger partial charge in [-0.15, -0.1) is 0 Å². The summed E-state index contributed by atoms with van der Waals surface area (Å²) in [7, 11) is 0. The Kier molecular flexibility index (Phi) is 5.39. The molecule has 7 heteroatoms. The number of ether oxygens (including phenoxy) is 1. The molecule has 0 atom stereocenters. The van der Waals surface area contributed by atoms with Crippen molar-refractivity contribution in [2.45, 2.75) is 6.92 Å². The summed E-state index contributed by atoms with van der Waals surface area (Å²) in [6.07, 6.45) is 1.70. The monoisotopic (exact) mass is 341 g/mol. The Bertz CT molecular complexity index is 630. The Labute approximate surface area is 137 Å². The standard InChI is InChI=1S/C14H12ClNO3S2/c1-2-19-12(17)8-16-13(18)11(21-14(16)20)7-9-4-3-5-10(15)6-9/h3-7H,2,8H2,1H3/b11-7-. The van der Waals surface area contributed by atoms with Crippen LogP contribution in [-0.2, 0) is 14.3 Å². The molecule has 1 saturated heterocycles. The van der Waals surface area contributed by atoms with E-state index < -0.39 is 5.97 Å². The molecular weight excluding hydrogens is 330 g/mol. The van der Waals surface area contributed by atoms with Crippen molar-refractivity contribution in [3.8, 4) is 0 Å². The third-order valence-electron chi connectivity index (χ3n) is 2.61. The van der Waals surface area contributed by atoms with Gasteiger partial charge in [0.15, 0.2) is 0 Å². The molecule has 0 N–H and O–H groups in total. The maximum atomic E-state index is 12.3. The largest absolute Gasteiger partial charge is 0.465 e. The van der Waals surface area contributed by atoms with Crippen LogP contribution in [0.15, 0.2) is 29.2 Å². The van der Waals surface area contributed by atoms with Gasteiger partial charge in [-0.3, -0.25) is 14.5 Å².